The molecule has 2 aromatic carbocycles. The highest BCUT2D eigenvalue weighted by molar-refractivity contribution is 7.16. The number of rotatable bonds is 10. The number of hydrogen-bond acceptors (Lipinski definition) is 6. The topological polar surface area (TPSA) is 103 Å². The third-order valence-electron chi connectivity index (χ3n) is 7.84. The second kappa shape index (κ2) is 12.5. The number of carbonyl (C=O) groups excluding carboxylic acids is 1. The molecule has 1 saturated carbocycles. The SMILES string of the molecule is COc1cc(-c2nc(NC(=O)c3cc4c(C)cccc4n3CC(=O)O)sc2CCC2CCCCC2)c(OC)cc1Cl. The number of aliphatic carboxylic acids is 1. The lowest BCUT2D eigenvalue weighted by atomic mass is 9.86. The Hall–Kier alpha value is -3.56. The largest absolute Gasteiger partial charge is 0.496 e. The standard InChI is InChI=1S/C31H34ClN3O5S/c1-18-8-7-11-23-20(18)14-24(35(23)17-28(36)37)30(38)34-31-33-29(21-15-26(40-3)22(32)16-25(21)39-2)27(41-31)13-12-19-9-5-4-6-10-19/h7-8,11,14-16,19H,4-6,9-10,12-13,17H2,1-3H3,(H,36,37)(H,33,34,38). The number of halogens is 1. The van der Waals surface area contributed by atoms with Crippen molar-refractivity contribution in [2.75, 3.05) is 19.5 Å². The maximum absolute atomic E-state index is 13.6. The fourth-order valence-corrected chi connectivity index (χ4v) is 6.95. The molecule has 0 saturated heterocycles. The minimum atomic E-state index is -1.02. The number of methoxy groups -OCH3 is 2. The quantitative estimate of drug-likeness (QED) is 0.196. The van der Waals surface area contributed by atoms with E-state index in [4.69, 9.17) is 26.1 Å². The van der Waals surface area contributed by atoms with E-state index >= 15 is 0 Å². The zero-order valence-corrected chi connectivity index (χ0v) is 25.0. The molecule has 0 bridgehead atoms. The Bertz CT molecular complexity index is 1590. The van der Waals surface area contributed by atoms with Crippen LogP contribution in [0.3, 0.4) is 0 Å². The first-order valence-electron chi connectivity index (χ1n) is 13.8. The molecule has 2 aromatic heterocycles. The molecule has 2 heterocycles. The summed E-state index contributed by atoms with van der Waals surface area (Å²) in [6, 6.07) is 10.9. The van der Waals surface area contributed by atoms with Crippen molar-refractivity contribution in [2.24, 2.45) is 5.92 Å². The van der Waals surface area contributed by atoms with Gasteiger partial charge in [0.25, 0.3) is 5.91 Å². The van der Waals surface area contributed by atoms with Gasteiger partial charge in [0.15, 0.2) is 5.13 Å². The molecule has 0 radical (unpaired) electrons. The van der Waals surface area contributed by atoms with Crippen molar-refractivity contribution < 1.29 is 24.2 Å². The van der Waals surface area contributed by atoms with Gasteiger partial charge in [0.05, 0.1) is 24.9 Å². The number of hydrogen-bond donors (Lipinski definition) is 2. The molecule has 216 valence electrons. The number of amides is 1. The van der Waals surface area contributed by atoms with Crippen molar-refractivity contribution in [3.63, 3.8) is 0 Å². The van der Waals surface area contributed by atoms with E-state index in [-0.39, 0.29) is 12.2 Å². The summed E-state index contributed by atoms with van der Waals surface area (Å²) in [7, 11) is 3.15. The summed E-state index contributed by atoms with van der Waals surface area (Å²) in [4.78, 5) is 31.2. The fraction of sp³-hybridized carbons (Fsp3) is 0.387. The molecule has 0 atom stereocenters. The van der Waals surface area contributed by atoms with Crippen molar-refractivity contribution >= 4 is 50.8 Å². The van der Waals surface area contributed by atoms with Crippen LogP contribution in [0.15, 0.2) is 36.4 Å². The number of ether oxygens (including phenoxy) is 2. The summed E-state index contributed by atoms with van der Waals surface area (Å²) in [5.74, 6) is 0.307. The van der Waals surface area contributed by atoms with E-state index in [9.17, 15) is 14.7 Å². The minimum Gasteiger partial charge on any atom is -0.496 e. The predicted molar refractivity (Wildman–Crippen MR) is 163 cm³/mol. The number of thiazole rings is 1. The number of aromatic nitrogens is 2. The van der Waals surface area contributed by atoms with Gasteiger partial charge in [0.1, 0.15) is 23.7 Å². The zero-order chi connectivity index (χ0) is 29.1. The summed E-state index contributed by atoms with van der Waals surface area (Å²) < 4.78 is 12.7. The van der Waals surface area contributed by atoms with Crippen LogP contribution in [0.4, 0.5) is 5.13 Å². The molecule has 41 heavy (non-hydrogen) atoms. The Morgan fingerprint density at radius 3 is 2.59 bits per heavy atom. The molecule has 5 rings (SSSR count). The van der Waals surface area contributed by atoms with Crippen LogP contribution in [-0.2, 0) is 17.8 Å². The van der Waals surface area contributed by atoms with Gasteiger partial charge in [0.2, 0.25) is 0 Å². The highest BCUT2D eigenvalue weighted by Crippen LogP contribution is 2.43. The van der Waals surface area contributed by atoms with Crippen LogP contribution < -0.4 is 14.8 Å². The van der Waals surface area contributed by atoms with Gasteiger partial charge in [-0.3, -0.25) is 14.9 Å². The van der Waals surface area contributed by atoms with E-state index in [1.807, 2.05) is 31.2 Å². The van der Waals surface area contributed by atoms with E-state index in [0.29, 0.717) is 33.1 Å². The Morgan fingerprint density at radius 1 is 1.12 bits per heavy atom. The molecular formula is C31H34ClN3O5S. The van der Waals surface area contributed by atoms with Gasteiger partial charge < -0.3 is 19.1 Å². The molecule has 1 aliphatic carbocycles. The Balaban J connectivity index is 1.52. The van der Waals surface area contributed by atoms with Gasteiger partial charge in [0, 0.05) is 27.4 Å². The molecule has 8 nitrogen and oxygen atoms in total. The van der Waals surface area contributed by atoms with Crippen LogP contribution in [0.5, 0.6) is 11.5 Å². The van der Waals surface area contributed by atoms with Crippen LogP contribution in [-0.4, -0.2) is 40.8 Å². The van der Waals surface area contributed by atoms with E-state index in [2.05, 4.69) is 5.32 Å². The molecule has 1 fully saturated rings. The van der Waals surface area contributed by atoms with Crippen LogP contribution in [0.2, 0.25) is 5.02 Å². The highest BCUT2D eigenvalue weighted by Gasteiger charge is 2.24. The van der Waals surface area contributed by atoms with Crippen LogP contribution >= 0.6 is 22.9 Å². The van der Waals surface area contributed by atoms with Gasteiger partial charge >= 0.3 is 5.97 Å². The smallest absolute Gasteiger partial charge is 0.323 e. The molecule has 0 aliphatic heterocycles. The second-order valence-electron chi connectivity index (χ2n) is 10.5. The van der Waals surface area contributed by atoms with Crippen molar-refractivity contribution in [1.82, 2.24) is 9.55 Å². The maximum Gasteiger partial charge on any atom is 0.323 e. The lowest BCUT2D eigenvalue weighted by Gasteiger charge is -2.21. The van der Waals surface area contributed by atoms with Gasteiger partial charge in [-0.15, -0.1) is 11.3 Å². The molecule has 0 unspecified atom stereocenters. The Labute approximate surface area is 248 Å². The Morgan fingerprint density at radius 2 is 1.88 bits per heavy atom. The fourth-order valence-electron chi connectivity index (χ4n) is 5.73. The van der Waals surface area contributed by atoms with E-state index in [1.165, 1.54) is 48.0 Å². The summed E-state index contributed by atoms with van der Waals surface area (Å²) in [6.45, 7) is 1.61. The van der Waals surface area contributed by atoms with Gasteiger partial charge in [-0.25, -0.2) is 4.98 Å². The van der Waals surface area contributed by atoms with Crippen LogP contribution in [0.1, 0.15) is 59.5 Å². The minimum absolute atomic E-state index is 0.267. The first-order chi connectivity index (χ1) is 19.8. The second-order valence-corrected chi connectivity index (χ2v) is 12.0. The number of nitrogens with zero attached hydrogens (tertiary/aromatic N) is 2. The van der Waals surface area contributed by atoms with Crippen molar-refractivity contribution in [3.8, 4) is 22.8 Å². The molecular weight excluding hydrogens is 562 g/mol. The number of benzene rings is 2. The monoisotopic (exact) mass is 595 g/mol. The normalized spacial score (nSPS) is 13.9. The van der Waals surface area contributed by atoms with E-state index in [0.717, 1.165) is 39.9 Å². The summed E-state index contributed by atoms with van der Waals surface area (Å²) in [5, 5.41) is 14.2. The first-order valence-corrected chi connectivity index (χ1v) is 15.0. The zero-order valence-electron chi connectivity index (χ0n) is 23.5. The van der Waals surface area contributed by atoms with Crippen molar-refractivity contribution in [3.05, 3.63) is 57.6 Å². The van der Waals surface area contributed by atoms with E-state index in [1.54, 1.807) is 26.4 Å². The van der Waals surface area contributed by atoms with Crippen molar-refractivity contribution in [1.29, 1.82) is 0 Å². The maximum atomic E-state index is 13.6. The molecule has 2 N–H and O–H groups in total. The van der Waals surface area contributed by atoms with Crippen molar-refractivity contribution in [2.45, 2.75) is 58.4 Å². The average Bonchev–Trinajstić information content (AvgIpc) is 3.54. The van der Waals surface area contributed by atoms with E-state index < -0.39 is 11.9 Å². The average molecular weight is 596 g/mol. The molecule has 1 aliphatic rings. The number of aryl methyl sites for hydroxylation is 2. The molecule has 0 spiro atoms. The number of fused-ring (bicyclic) bond motifs is 1. The van der Waals surface area contributed by atoms with Gasteiger partial charge in [-0.05, 0) is 49.4 Å². The molecule has 4 aromatic rings. The summed E-state index contributed by atoms with van der Waals surface area (Å²) in [6.07, 6.45) is 8.19. The number of anilines is 1. The van der Waals surface area contributed by atoms with Crippen LogP contribution in [0, 0.1) is 12.8 Å². The molecule has 10 heteroatoms. The number of carboxylic acids is 1. The number of nitrogens with one attached hydrogen (secondary N) is 1. The predicted octanol–water partition coefficient (Wildman–Crippen LogP) is 7.59. The van der Waals surface area contributed by atoms with Gasteiger partial charge in [-0.1, -0.05) is 55.8 Å². The number of carboxylic acid groups (broad SMARTS) is 1. The van der Waals surface area contributed by atoms with Crippen LogP contribution in [0.25, 0.3) is 22.2 Å². The third-order valence-corrected chi connectivity index (χ3v) is 9.17. The first kappa shape index (κ1) is 29.0. The lowest BCUT2D eigenvalue weighted by molar-refractivity contribution is -0.137. The summed E-state index contributed by atoms with van der Waals surface area (Å²) >= 11 is 7.82. The third kappa shape index (κ3) is 6.21. The number of carbonyl (C=O) groups is 2. The lowest BCUT2D eigenvalue weighted by Crippen LogP contribution is -2.19. The summed E-state index contributed by atoms with van der Waals surface area (Å²) in [5.41, 5.74) is 3.38. The van der Waals surface area contributed by atoms with Gasteiger partial charge in [-0.2, -0.15) is 0 Å². The molecule has 1 amide bonds. The highest BCUT2D eigenvalue weighted by atomic mass is 35.5. The Kier molecular flexibility index (Phi) is 8.85.